The number of nitrogens with one attached hydrogen (secondary N) is 2. The van der Waals surface area contributed by atoms with Crippen molar-refractivity contribution < 1.29 is 13.9 Å². The number of H-pyrrole nitrogens is 1. The van der Waals surface area contributed by atoms with Gasteiger partial charge in [-0.2, -0.15) is 0 Å². The van der Waals surface area contributed by atoms with Gasteiger partial charge in [0.2, 0.25) is 5.91 Å². The van der Waals surface area contributed by atoms with Gasteiger partial charge in [-0.1, -0.05) is 36.0 Å². The Hall–Kier alpha value is -3.13. The van der Waals surface area contributed by atoms with E-state index in [1.54, 1.807) is 26.2 Å². The molecule has 0 aliphatic heterocycles. The molecular weight excluding hydrogens is 405 g/mol. The third-order valence-corrected chi connectivity index (χ3v) is 5.42. The van der Waals surface area contributed by atoms with Gasteiger partial charge in [0, 0.05) is 23.6 Å². The van der Waals surface area contributed by atoms with Crippen molar-refractivity contribution in [2.75, 3.05) is 7.11 Å². The number of hydrogen-bond acceptors (Lipinski definition) is 5. The number of benzene rings is 2. The van der Waals surface area contributed by atoms with Crippen LogP contribution >= 0.6 is 11.8 Å². The van der Waals surface area contributed by atoms with Gasteiger partial charge in [0.05, 0.1) is 13.5 Å². The Labute approximate surface area is 177 Å². The van der Waals surface area contributed by atoms with Crippen LogP contribution in [-0.2, 0) is 23.5 Å². The minimum Gasteiger partial charge on any atom is -0.497 e. The first-order chi connectivity index (χ1) is 14.4. The summed E-state index contributed by atoms with van der Waals surface area (Å²) in [5, 5.41) is 3.27. The number of aromatic amines is 1. The van der Waals surface area contributed by atoms with Gasteiger partial charge < -0.3 is 15.0 Å². The molecule has 0 spiro atoms. The highest BCUT2D eigenvalue weighted by atomic mass is 32.2. The van der Waals surface area contributed by atoms with Crippen molar-refractivity contribution in [1.29, 1.82) is 0 Å². The van der Waals surface area contributed by atoms with Crippen molar-refractivity contribution in [2.24, 2.45) is 0 Å². The van der Waals surface area contributed by atoms with Gasteiger partial charge >= 0.3 is 0 Å². The first-order valence-electron chi connectivity index (χ1n) is 9.31. The Morgan fingerprint density at radius 2 is 1.80 bits per heavy atom. The third-order valence-electron chi connectivity index (χ3n) is 4.48. The molecule has 1 heterocycles. The Bertz CT molecular complexity index is 1070. The van der Waals surface area contributed by atoms with Crippen LogP contribution in [0.2, 0.25) is 0 Å². The number of amides is 1. The van der Waals surface area contributed by atoms with Gasteiger partial charge in [-0.05, 0) is 42.3 Å². The lowest BCUT2D eigenvalue weighted by atomic mass is 10.1. The molecular formula is C22H22FN3O3S. The van der Waals surface area contributed by atoms with E-state index in [4.69, 9.17) is 4.74 Å². The minimum absolute atomic E-state index is 0.0484. The van der Waals surface area contributed by atoms with Gasteiger partial charge in [0.15, 0.2) is 5.16 Å². The van der Waals surface area contributed by atoms with Crippen LogP contribution in [0.1, 0.15) is 22.4 Å². The smallest absolute Gasteiger partial charge is 0.255 e. The molecule has 0 bridgehead atoms. The second-order valence-electron chi connectivity index (χ2n) is 6.65. The second kappa shape index (κ2) is 10.1. The van der Waals surface area contributed by atoms with E-state index in [1.165, 1.54) is 23.9 Å². The van der Waals surface area contributed by atoms with Crippen LogP contribution in [0, 0.1) is 12.7 Å². The van der Waals surface area contributed by atoms with Crippen LogP contribution in [0.15, 0.2) is 58.5 Å². The van der Waals surface area contributed by atoms with E-state index < -0.39 is 0 Å². The number of hydrogen-bond donors (Lipinski definition) is 2. The third kappa shape index (κ3) is 5.93. The summed E-state index contributed by atoms with van der Waals surface area (Å²) in [7, 11) is 1.59. The summed E-state index contributed by atoms with van der Waals surface area (Å²) in [4.78, 5) is 31.8. The highest BCUT2D eigenvalue weighted by Gasteiger charge is 2.13. The molecule has 8 heteroatoms. The summed E-state index contributed by atoms with van der Waals surface area (Å²) >= 11 is 1.35. The molecule has 0 saturated carbocycles. The van der Waals surface area contributed by atoms with E-state index in [0.717, 1.165) is 16.9 Å². The monoisotopic (exact) mass is 427 g/mol. The molecule has 0 aliphatic rings. The van der Waals surface area contributed by atoms with Crippen molar-refractivity contribution in [3.05, 3.63) is 87.1 Å². The number of thioether (sulfide) groups is 1. The Morgan fingerprint density at radius 3 is 2.43 bits per heavy atom. The Balaban J connectivity index is 1.58. The van der Waals surface area contributed by atoms with E-state index in [9.17, 15) is 14.0 Å². The summed E-state index contributed by atoms with van der Waals surface area (Å²) in [6.45, 7) is 2.07. The molecule has 1 aromatic heterocycles. The number of methoxy groups -OCH3 is 1. The number of rotatable bonds is 8. The van der Waals surface area contributed by atoms with Crippen LogP contribution in [0.25, 0.3) is 0 Å². The SMILES string of the molecule is COc1ccc(CNC(=O)Cc2c(C)nc(SCc3ccc(F)cc3)[nH]c2=O)cc1. The zero-order chi connectivity index (χ0) is 21.5. The molecule has 30 heavy (non-hydrogen) atoms. The molecule has 3 aromatic rings. The number of aryl methyl sites for hydroxylation is 1. The number of ether oxygens (including phenoxy) is 1. The lowest BCUT2D eigenvalue weighted by Gasteiger charge is -2.09. The fraction of sp³-hybridized carbons (Fsp3) is 0.227. The number of carbonyl (C=O) groups is 1. The van der Waals surface area contributed by atoms with E-state index >= 15 is 0 Å². The van der Waals surface area contributed by atoms with Crippen LogP contribution in [0.4, 0.5) is 4.39 Å². The molecule has 0 radical (unpaired) electrons. The highest BCUT2D eigenvalue weighted by Crippen LogP contribution is 2.19. The first-order valence-corrected chi connectivity index (χ1v) is 10.3. The molecule has 0 unspecified atom stereocenters. The highest BCUT2D eigenvalue weighted by molar-refractivity contribution is 7.98. The normalized spacial score (nSPS) is 10.6. The number of aromatic nitrogens is 2. The van der Waals surface area contributed by atoms with Gasteiger partial charge in [-0.25, -0.2) is 9.37 Å². The molecule has 3 rings (SSSR count). The van der Waals surface area contributed by atoms with Gasteiger partial charge in [0.25, 0.3) is 5.56 Å². The second-order valence-corrected chi connectivity index (χ2v) is 7.62. The van der Waals surface area contributed by atoms with Crippen molar-refractivity contribution in [1.82, 2.24) is 15.3 Å². The molecule has 1 amide bonds. The maximum absolute atomic E-state index is 13.0. The van der Waals surface area contributed by atoms with E-state index in [0.29, 0.717) is 28.7 Å². The van der Waals surface area contributed by atoms with Crippen LogP contribution in [0.3, 0.4) is 0 Å². The average molecular weight is 428 g/mol. The zero-order valence-electron chi connectivity index (χ0n) is 16.7. The van der Waals surface area contributed by atoms with E-state index in [1.807, 2.05) is 24.3 Å². The molecule has 0 fully saturated rings. The topological polar surface area (TPSA) is 84.1 Å². The van der Waals surface area contributed by atoms with Crippen molar-refractivity contribution in [3.8, 4) is 5.75 Å². The Morgan fingerprint density at radius 1 is 1.13 bits per heavy atom. The zero-order valence-corrected chi connectivity index (χ0v) is 17.5. The number of carbonyl (C=O) groups excluding carboxylic acids is 1. The summed E-state index contributed by atoms with van der Waals surface area (Å²) in [5.41, 5.74) is 2.38. The van der Waals surface area contributed by atoms with Crippen molar-refractivity contribution in [3.63, 3.8) is 0 Å². The lowest BCUT2D eigenvalue weighted by molar-refractivity contribution is -0.120. The fourth-order valence-electron chi connectivity index (χ4n) is 2.76. The van der Waals surface area contributed by atoms with Crippen LogP contribution in [-0.4, -0.2) is 23.0 Å². The van der Waals surface area contributed by atoms with Gasteiger partial charge in [-0.3, -0.25) is 9.59 Å². The predicted molar refractivity (Wildman–Crippen MR) is 114 cm³/mol. The molecule has 2 N–H and O–H groups in total. The standard InChI is InChI=1S/C22H22FN3O3S/c1-14-19(11-20(27)24-12-15-5-9-18(29-2)10-6-15)21(28)26-22(25-14)30-13-16-3-7-17(23)8-4-16/h3-10H,11-13H2,1-2H3,(H,24,27)(H,25,26,28). The largest absolute Gasteiger partial charge is 0.497 e. The molecule has 6 nitrogen and oxygen atoms in total. The fourth-order valence-corrected chi connectivity index (χ4v) is 3.62. The lowest BCUT2D eigenvalue weighted by Crippen LogP contribution is -2.28. The summed E-state index contributed by atoms with van der Waals surface area (Å²) in [6, 6.07) is 13.5. The van der Waals surface area contributed by atoms with Crippen molar-refractivity contribution in [2.45, 2.75) is 30.8 Å². The molecule has 156 valence electrons. The first kappa shape index (κ1) is 21.6. The number of halogens is 1. The summed E-state index contributed by atoms with van der Waals surface area (Å²) < 4.78 is 18.1. The van der Waals surface area contributed by atoms with Crippen LogP contribution < -0.4 is 15.6 Å². The maximum Gasteiger partial charge on any atom is 0.255 e. The quantitative estimate of drug-likeness (QED) is 0.425. The number of nitrogens with zero attached hydrogens (tertiary/aromatic N) is 1. The van der Waals surface area contributed by atoms with Gasteiger partial charge in [0.1, 0.15) is 11.6 Å². The van der Waals surface area contributed by atoms with E-state index in [-0.39, 0.29) is 23.7 Å². The van der Waals surface area contributed by atoms with Crippen LogP contribution in [0.5, 0.6) is 5.75 Å². The summed E-state index contributed by atoms with van der Waals surface area (Å²) in [6.07, 6.45) is -0.0484. The van der Waals surface area contributed by atoms with Crippen molar-refractivity contribution >= 4 is 17.7 Å². The molecule has 0 saturated heterocycles. The molecule has 0 aliphatic carbocycles. The molecule has 0 atom stereocenters. The van der Waals surface area contributed by atoms with E-state index in [2.05, 4.69) is 15.3 Å². The minimum atomic E-state index is -0.330. The van der Waals surface area contributed by atoms with Gasteiger partial charge in [-0.15, -0.1) is 0 Å². The summed E-state index contributed by atoms with van der Waals surface area (Å²) in [5.74, 6) is 0.744. The predicted octanol–water partition coefficient (Wildman–Crippen LogP) is 3.38. The molecule has 2 aromatic carbocycles. The Kier molecular flexibility index (Phi) is 7.24. The average Bonchev–Trinajstić information content (AvgIpc) is 2.75. The maximum atomic E-state index is 13.0.